The third kappa shape index (κ3) is 3.79. The molecule has 9 heteroatoms. The van der Waals surface area contributed by atoms with E-state index in [0.717, 1.165) is 0 Å². The van der Waals surface area contributed by atoms with Gasteiger partial charge in [0, 0.05) is 0 Å². The first-order chi connectivity index (χ1) is 5.94. The standard InChI is InChI=1S/C4H4BF3O5/c1-11-3(10)4(6,7)13-5(8)12-2-9/h2H,1H3. The molecular formula is C4H4BF3O5. The molecule has 0 heterocycles. The SMILES string of the molecule is COC(=O)C(F)(F)OB(F)OC=O. The quantitative estimate of drug-likeness (QED) is 0.352. The fourth-order valence-corrected chi connectivity index (χ4v) is 0.355. The molecule has 0 aliphatic rings. The number of esters is 1. The maximum Gasteiger partial charge on any atom is 0.761 e. The monoisotopic (exact) mass is 200 g/mol. The Morgan fingerprint density at radius 1 is 1.54 bits per heavy atom. The number of hydrogen-bond donors (Lipinski definition) is 0. The van der Waals surface area contributed by atoms with Gasteiger partial charge in [0.25, 0.3) is 6.47 Å². The molecule has 0 atom stereocenters. The average molecular weight is 200 g/mol. The van der Waals surface area contributed by atoms with Crippen LogP contribution >= 0.6 is 0 Å². The van der Waals surface area contributed by atoms with Gasteiger partial charge in [-0.05, 0) is 0 Å². The van der Waals surface area contributed by atoms with E-state index < -0.39 is 25.9 Å². The zero-order valence-electron chi connectivity index (χ0n) is 6.33. The van der Waals surface area contributed by atoms with E-state index in [9.17, 15) is 22.7 Å². The van der Waals surface area contributed by atoms with Crippen molar-refractivity contribution in [1.82, 2.24) is 0 Å². The lowest BCUT2D eigenvalue weighted by molar-refractivity contribution is -0.222. The van der Waals surface area contributed by atoms with E-state index in [1.165, 1.54) is 0 Å². The van der Waals surface area contributed by atoms with Gasteiger partial charge in [0.1, 0.15) is 0 Å². The minimum absolute atomic E-state index is 0.446. The molecule has 0 aromatic heterocycles. The summed E-state index contributed by atoms with van der Waals surface area (Å²) < 4.78 is 46.5. The zero-order valence-corrected chi connectivity index (χ0v) is 6.33. The first kappa shape index (κ1) is 11.8. The molecule has 0 aromatic rings. The number of alkyl halides is 2. The Bertz CT molecular complexity index is 198. The molecule has 0 rings (SSSR count). The van der Waals surface area contributed by atoms with Crippen molar-refractivity contribution in [2.24, 2.45) is 0 Å². The molecular weight excluding hydrogens is 196 g/mol. The lowest BCUT2D eigenvalue weighted by Gasteiger charge is -2.13. The maximum absolute atomic E-state index is 12.3. The lowest BCUT2D eigenvalue weighted by atomic mass is 10.3. The van der Waals surface area contributed by atoms with Crippen molar-refractivity contribution in [3.63, 3.8) is 0 Å². The highest BCUT2D eigenvalue weighted by atomic mass is 19.3. The minimum atomic E-state index is -4.49. The summed E-state index contributed by atoms with van der Waals surface area (Å²) >= 11 is 0. The summed E-state index contributed by atoms with van der Waals surface area (Å²) in [4.78, 5) is 19.6. The Kier molecular flexibility index (Phi) is 4.25. The number of carbonyl (C=O) groups is 2. The van der Waals surface area contributed by atoms with Crippen LogP contribution in [0.25, 0.3) is 0 Å². The predicted molar refractivity (Wildman–Crippen MR) is 32.1 cm³/mol. The fourth-order valence-electron chi connectivity index (χ4n) is 0.355. The van der Waals surface area contributed by atoms with Crippen LogP contribution in [-0.2, 0) is 23.6 Å². The van der Waals surface area contributed by atoms with Gasteiger partial charge in [0.2, 0.25) is 0 Å². The summed E-state index contributed by atoms with van der Waals surface area (Å²) in [6.45, 7) is -0.446. The van der Waals surface area contributed by atoms with Crippen LogP contribution in [0.2, 0.25) is 0 Å². The van der Waals surface area contributed by atoms with Crippen LogP contribution in [0.5, 0.6) is 0 Å². The molecule has 0 saturated carbocycles. The number of rotatable bonds is 5. The molecule has 0 aliphatic carbocycles. The van der Waals surface area contributed by atoms with Crippen LogP contribution in [0.3, 0.4) is 0 Å². The summed E-state index contributed by atoms with van der Waals surface area (Å²) in [6.07, 6.45) is -4.49. The van der Waals surface area contributed by atoms with Crippen molar-refractivity contribution in [2.45, 2.75) is 6.11 Å². The van der Waals surface area contributed by atoms with Crippen LogP contribution in [0.4, 0.5) is 13.1 Å². The second-order valence-electron chi connectivity index (χ2n) is 1.63. The minimum Gasteiger partial charge on any atom is -0.484 e. The van der Waals surface area contributed by atoms with Crippen LogP contribution in [0.15, 0.2) is 0 Å². The van der Waals surface area contributed by atoms with Gasteiger partial charge in [-0.25, -0.2) is 9.11 Å². The first-order valence-electron chi connectivity index (χ1n) is 2.81. The smallest absolute Gasteiger partial charge is 0.484 e. The summed E-state index contributed by atoms with van der Waals surface area (Å²) in [7, 11) is -2.36. The number of hydrogen-bond acceptors (Lipinski definition) is 5. The predicted octanol–water partition coefficient (Wildman–Crippen LogP) is -0.104. The molecule has 74 valence electrons. The molecule has 0 amide bonds. The second kappa shape index (κ2) is 4.70. The highest BCUT2D eigenvalue weighted by Gasteiger charge is 2.47. The highest BCUT2D eigenvalue weighted by molar-refractivity contribution is 6.37. The Balaban J connectivity index is 4.15. The van der Waals surface area contributed by atoms with Gasteiger partial charge in [-0.1, -0.05) is 0 Å². The van der Waals surface area contributed by atoms with Gasteiger partial charge >= 0.3 is 19.5 Å². The first-order valence-corrected chi connectivity index (χ1v) is 2.81. The third-order valence-corrected chi connectivity index (χ3v) is 0.826. The summed E-state index contributed by atoms with van der Waals surface area (Å²) in [6, 6.07) is 0. The molecule has 0 spiro atoms. The Morgan fingerprint density at radius 2 is 2.08 bits per heavy atom. The van der Waals surface area contributed by atoms with E-state index in [1.807, 2.05) is 0 Å². The molecule has 0 saturated heterocycles. The van der Waals surface area contributed by atoms with Crippen molar-refractivity contribution in [3.8, 4) is 0 Å². The van der Waals surface area contributed by atoms with Crippen LogP contribution in [0, 0.1) is 0 Å². The number of halogens is 3. The molecule has 5 nitrogen and oxygen atoms in total. The van der Waals surface area contributed by atoms with Crippen LogP contribution in [0.1, 0.15) is 0 Å². The van der Waals surface area contributed by atoms with E-state index in [0.29, 0.717) is 7.11 Å². The van der Waals surface area contributed by atoms with Crippen LogP contribution < -0.4 is 0 Å². The summed E-state index contributed by atoms with van der Waals surface area (Å²) in [5.41, 5.74) is 0. The van der Waals surface area contributed by atoms with E-state index in [1.54, 1.807) is 0 Å². The van der Waals surface area contributed by atoms with Crippen molar-refractivity contribution < 1.29 is 36.7 Å². The normalized spacial score (nSPS) is 10.5. The van der Waals surface area contributed by atoms with Crippen molar-refractivity contribution in [3.05, 3.63) is 0 Å². The lowest BCUT2D eigenvalue weighted by Crippen LogP contribution is -2.38. The molecule has 0 aliphatic heterocycles. The maximum atomic E-state index is 12.3. The van der Waals surface area contributed by atoms with Gasteiger partial charge in [-0.3, -0.25) is 4.79 Å². The second-order valence-corrected chi connectivity index (χ2v) is 1.63. The largest absolute Gasteiger partial charge is 0.761 e. The Hall–Kier alpha value is -1.25. The van der Waals surface area contributed by atoms with Gasteiger partial charge in [-0.2, -0.15) is 8.78 Å². The van der Waals surface area contributed by atoms with Crippen molar-refractivity contribution in [2.75, 3.05) is 7.11 Å². The molecule has 0 aromatic carbocycles. The zero-order chi connectivity index (χ0) is 10.5. The molecule has 0 unspecified atom stereocenters. The number of carbonyl (C=O) groups excluding carboxylic acids is 2. The Morgan fingerprint density at radius 3 is 2.46 bits per heavy atom. The molecule has 0 fully saturated rings. The molecule has 0 bridgehead atoms. The van der Waals surface area contributed by atoms with E-state index in [4.69, 9.17) is 0 Å². The molecule has 0 N–H and O–H groups in total. The average Bonchev–Trinajstić information content (AvgIpc) is 2.02. The number of ether oxygens (including phenoxy) is 1. The summed E-state index contributed by atoms with van der Waals surface area (Å²) in [5, 5.41) is 0. The van der Waals surface area contributed by atoms with Crippen LogP contribution in [-0.4, -0.2) is 33.1 Å². The van der Waals surface area contributed by atoms with Gasteiger partial charge < -0.3 is 14.0 Å². The van der Waals surface area contributed by atoms with Crippen molar-refractivity contribution >= 4 is 19.8 Å². The third-order valence-electron chi connectivity index (χ3n) is 0.826. The van der Waals surface area contributed by atoms with Gasteiger partial charge in [0.05, 0.1) is 7.11 Å². The van der Waals surface area contributed by atoms with Gasteiger partial charge in [-0.15, -0.1) is 0 Å². The molecule has 0 radical (unpaired) electrons. The van der Waals surface area contributed by atoms with E-state index in [2.05, 4.69) is 14.0 Å². The fraction of sp³-hybridized carbons (Fsp3) is 0.500. The topological polar surface area (TPSA) is 61.8 Å². The van der Waals surface area contributed by atoms with E-state index in [-0.39, 0.29) is 0 Å². The molecule has 13 heavy (non-hydrogen) atoms. The van der Waals surface area contributed by atoms with Gasteiger partial charge in [0.15, 0.2) is 0 Å². The van der Waals surface area contributed by atoms with E-state index >= 15 is 0 Å². The number of methoxy groups -OCH3 is 1. The summed E-state index contributed by atoms with van der Waals surface area (Å²) in [5.74, 6) is -2.09. The Labute approximate surface area is 70.9 Å². The van der Waals surface area contributed by atoms with Crippen molar-refractivity contribution in [1.29, 1.82) is 0 Å². The highest BCUT2D eigenvalue weighted by Crippen LogP contribution is 2.18.